The molecule has 1 aromatic carbocycles. The third-order valence-electron chi connectivity index (χ3n) is 4.13. The van der Waals surface area contributed by atoms with E-state index in [0.717, 1.165) is 0 Å². The first-order valence-electron chi connectivity index (χ1n) is 8.06. The molecule has 0 aromatic heterocycles. The molecular formula is C17H21NO7S. The summed E-state index contributed by atoms with van der Waals surface area (Å²) >= 11 is 0. The lowest BCUT2D eigenvalue weighted by Gasteiger charge is -2.26. The fraction of sp³-hybridized carbons (Fsp3) is 0.471. The number of aldehydes is 1. The fourth-order valence-electron chi connectivity index (χ4n) is 2.61. The maximum absolute atomic E-state index is 12.3. The minimum Gasteiger partial charge on any atom is -0.482 e. The number of hydrogen-bond acceptors (Lipinski definition) is 7. The number of sulfone groups is 1. The molecule has 0 bridgehead atoms. The van der Waals surface area contributed by atoms with Gasteiger partial charge in [-0.25, -0.2) is 13.2 Å². The highest BCUT2D eigenvalue weighted by molar-refractivity contribution is 7.91. The van der Waals surface area contributed by atoms with Crippen LogP contribution in [0.3, 0.4) is 0 Å². The smallest absolute Gasteiger partial charge is 0.344 e. The van der Waals surface area contributed by atoms with Crippen LogP contribution in [0.1, 0.15) is 23.7 Å². The summed E-state index contributed by atoms with van der Waals surface area (Å²) in [5.41, 5.74) is 0.483. The Balaban J connectivity index is 1.81. The molecule has 2 atom stereocenters. The lowest BCUT2D eigenvalue weighted by Crippen LogP contribution is -2.44. The summed E-state index contributed by atoms with van der Waals surface area (Å²) in [6.45, 7) is 1.04. The van der Waals surface area contributed by atoms with E-state index in [9.17, 15) is 22.8 Å². The Morgan fingerprint density at radius 1 is 1.31 bits per heavy atom. The molecule has 1 heterocycles. The van der Waals surface area contributed by atoms with Crippen LogP contribution in [0.5, 0.6) is 5.75 Å². The van der Waals surface area contributed by atoms with Crippen LogP contribution in [0.2, 0.25) is 0 Å². The van der Waals surface area contributed by atoms with Gasteiger partial charge in [0, 0.05) is 18.7 Å². The third kappa shape index (κ3) is 5.29. The van der Waals surface area contributed by atoms with Gasteiger partial charge in [0.2, 0.25) is 0 Å². The highest BCUT2D eigenvalue weighted by atomic mass is 32.2. The van der Waals surface area contributed by atoms with E-state index in [-0.39, 0.29) is 18.1 Å². The van der Waals surface area contributed by atoms with E-state index in [0.29, 0.717) is 24.0 Å². The summed E-state index contributed by atoms with van der Waals surface area (Å²) in [7, 11) is -1.61. The van der Waals surface area contributed by atoms with Gasteiger partial charge < -0.3 is 14.4 Å². The molecular weight excluding hydrogens is 362 g/mol. The lowest BCUT2D eigenvalue weighted by molar-refractivity contribution is -0.160. The van der Waals surface area contributed by atoms with Crippen molar-refractivity contribution in [3.05, 3.63) is 29.8 Å². The maximum atomic E-state index is 12.3. The van der Waals surface area contributed by atoms with E-state index in [1.165, 1.54) is 18.9 Å². The van der Waals surface area contributed by atoms with Gasteiger partial charge in [0.25, 0.3) is 5.91 Å². The third-order valence-corrected chi connectivity index (χ3v) is 5.88. The lowest BCUT2D eigenvalue weighted by atomic mass is 10.2. The van der Waals surface area contributed by atoms with Crippen LogP contribution < -0.4 is 4.74 Å². The van der Waals surface area contributed by atoms with Crippen LogP contribution in [0.15, 0.2) is 24.3 Å². The Bertz CT molecular complexity index is 773. The Kier molecular flexibility index (Phi) is 6.36. The molecule has 0 N–H and O–H groups in total. The Labute approximate surface area is 152 Å². The van der Waals surface area contributed by atoms with E-state index in [4.69, 9.17) is 9.47 Å². The quantitative estimate of drug-likeness (QED) is 0.497. The van der Waals surface area contributed by atoms with Gasteiger partial charge in [-0.15, -0.1) is 0 Å². The van der Waals surface area contributed by atoms with Gasteiger partial charge >= 0.3 is 5.97 Å². The SMILES string of the molecule is C[C@@H](OC(=O)COc1ccc(C=O)cc1)C(=O)N(C)[C@H]1CCS(=O)(=O)C1. The van der Waals surface area contributed by atoms with Gasteiger partial charge in [-0.05, 0) is 37.6 Å². The zero-order valence-corrected chi connectivity index (χ0v) is 15.4. The second kappa shape index (κ2) is 8.31. The standard InChI is InChI=1S/C17H21NO7S/c1-12(17(21)18(2)14-7-8-26(22,23)11-14)25-16(20)10-24-15-5-3-13(9-19)4-6-15/h3-6,9,12,14H,7-8,10-11H2,1-2H3/t12-,14+/m1/s1. The van der Waals surface area contributed by atoms with Crippen LogP contribution in [-0.2, 0) is 24.2 Å². The van der Waals surface area contributed by atoms with Crippen molar-refractivity contribution in [2.45, 2.75) is 25.5 Å². The molecule has 8 nitrogen and oxygen atoms in total. The van der Waals surface area contributed by atoms with Crippen molar-refractivity contribution in [1.82, 2.24) is 4.90 Å². The van der Waals surface area contributed by atoms with Gasteiger partial charge in [0.1, 0.15) is 12.0 Å². The number of likely N-dealkylation sites (N-methyl/N-ethyl adjacent to an activating group) is 1. The number of nitrogens with zero attached hydrogens (tertiary/aromatic N) is 1. The highest BCUT2D eigenvalue weighted by Gasteiger charge is 2.34. The second-order valence-corrected chi connectivity index (χ2v) is 8.34. The minimum absolute atomic E-state index is 0.0557. The summed E-state index contributed by atoms with van der Waals surface area (Å²) in [5.74, 6) is -0.816. The summed E-state index contributed by atoms with van der Waals surface area (Å²) in [6.07, 6.45) is 0.0274. The summed E-state index contributed by atoms with van der Waals surface area (Å²) in [4.78, 5) is 36.0. The molecule has 9 heteroatoms. The first kappa shape index (κ1) is 19.9. The summed E-state index contributed by atoms with van der Waals surface area (Å²) in [5, 5.41) is 0. The average Bonchev–Trinajstić information content (AvgIpc) is 2.98. The number of carbonyl (C=O) groups excluding carboxylic acids is 3. The zero-order valence-electron chi connectivity index (χ0n) is 14.6. The van der Waals surface area contributed by atoms with E-state index >= 15 is 0 Å². The van der Waals surface area contributed by atoms with Crippen LogP contribution in [-0.4, -0.2) is 68.8 Å². The predicted molar refractivity (Wildman–Crippen MR) is 92.7 cm³/mol. The number of benzene rings is 1. The molecule has 1 saturated heterocycles. The highest BCUT2D eigenvalue weighted by Crippen LogP contribution is 2.18. The molecule has 142 valence electrons. The van der Waals surface area contributed by atoms with E-state index in [1.54, 1.807) is 24.3 Å². The molecule has 2 rings (SSSR count). The Hall–Kier alpha value is -2.42. The molecule has 0 radical (unpaired) electrons. The molecule has 0 saturated carbocycles. The molecule has 0 unspecified atom stereocenters. The van der Waals surface area contributed by atoms with Crippen molar-refractivity contribution in [3.63, 3.8) is 0 Å². The number of esters is 1. The molecule has 0 aliphatic carbocycles. The van der Waals surface area contributed by atoms with Gasteiger partial charge in [0.15, 0.2) is 22.5 Å². The van der Waals surface area contributed by atoms with Crippen molar-refractivity contribution < 1.29 is 32.3 Å². The van der Waals surface area contributed by atoms with Crippen LogP contribution in [0.4, 0.5) is 0 Å². The van der Waals surface area contributed by atoms with Crippen molar-refractivity contribution in [2.75, 3.05) is 25.2 Å². The van der Waals surface area contributed by atoms with Crippen LogP contribution in [0.25, 0.3) is 0 Å². The molecule has 0 spiro atoms. The van der Waals surface area contributed by atoms with E-state index in [2.05, 4.69) is 0 Å². The topological polar surface area (TPSA) is 107 Å². The Morgan fingerprint density at radius 3 is 2.50 bits per heavy atom. The van der Waals surface area contributed by atoms with E-state index in [1.807, 2.05) is 0 Å². The van der Waals surface area contributed by atoms with E-state index < -0.39 is 33.9 Å². The zero-order chi connectivity index (χ0) is 19.3. The number of amides is 1. The monoisotopic (exact) mass is 383 g/mol. The summed E-state index contributed by atoms with van der Waals surface area (Å²) < 4.78 is 33.3. The summed E-state index contributed by atoms with van der Waals surface area (Å²) in [6, 6.07) is 5.77. The number of hydrogen-bond donors (Lipinski definition) is 0. The van der Waals surface area contributed by atoms with Crippen molar-refractivity contribution >= 4 is 28.0 Å². The van der Waals surface area contributed by atoms with Gasteiger partial charge in [0.05, 0.1) is 11.5 Å². The van der Waals surface area contributed by atoms with Crippen molar-refractivity contribution in [1.29, 1.82) is 0 Å². The predicted octanol–water partition coefficient (Wildman–Crippen LogP) is 0.455. The van der Waals surface area contributed by atoms with Gasteiger partial charge in [-0.2, -0.15) is 0 Å². The second-order valence-electron chi connectivity index (χ2n) is 6.11. The van der Waals surface area contributed by atoms with Gasteiger partial charge in [-0.3, -0.25) is 9.59 Å². The maximum Gasteiger partial charge on any atom is 0.344 e. The first-order chi connectivity index (χ1) is 12.2. The van der Waals surface area contributed by atoms with Crippen LogP contribution in [0, 0.1) is 0 Å². The minimum atomic E-state index is -3.11. The average molecular weight is 383 g/mol. The first-order valence-corrected chi connectivity index (χ1v) is 9.88. The number of carbonyl (C=O) groups is 3. The normalized spacial score (nSPS) is 19.4. The molecule has 26 heavy (non-hydrogen) atoms. The van der Waals surface area contributed by atoms with Crippen molar-refractivity contribution in [3.8, 4) is 5.75 Å². The Morgan fingerprint density at radius 2 is 1.96 bits per heavy atom. The molecule has 1 aliphatic rings. The van der Waals surface area contributed by atoms with Gasteiger partial charge in [-0.1, -0.05) is 0 Å². The van der Waals surface area contributed by atoms with Crippen molar-refractivity contribution in [2.24, 2.45) is 0 Å². The number of rotatable bonds is 7. The fourth-order valence-corrected chi connectivity index (χ4v) is 4.39. The molecule has 1 amide bonds. The number of ether oxygens (including phenoxy) is 2. The largest absolute Gasteiger partial charge is 0.482 e. The molecule has 1 aliphatic heterocycles. The molecule has 1 fully saturated rings. The van der Waals surface area contributed by atoms with Crippen LogP contribution >= 0.6 is 0 Å². The molecule has 1 aromatic rings.